The Labute approximate surface area is 123 Å². The van der Waals surface area contributed by atoms with E-state index < -0.39 is 12.0 Å². The molecule has 0 bridgehead atoms. The maximum atomic E-state index is 11.5. The molecule has 0 radical (unpaired) electrons. The first-order chi connectivity index (χ1) is 10.1. The lowest BCUT2D eigenvalue weighted by molar-refractivity contribution is -0.153. The van der Waals surface area contributed by atoms with Crippen LogP contribution in [0.1, 0.15) is 25.3 Å². The van der Waals surface area contributed by atoms with Gasteiger partial charge in [-0.3, -0.25) is 9.63 Å². The normalized spacial score (nSPS) is 22.0. The number of carboxylic acids is 1. The van der Waals surface area contributed by atoms with Crippen LogP contribution in [0.25, 0.3) is 0 Å². The Hall–Kier alpha value is -1.92. The lowest BCUT2D eigenvalue weighted by Gasteiger charge is -2.36. The molecule has 114 valence electrons. The fraction of sp³-hybridized carbons (Fsp3) is 0.467. The van der Waals surface area contributed by atoms with E-state index in [-0.39, 0.29) is 11.9 Å². The molecule has 0 spiro atoms. The number of carboxylic acid groups (broad SMARTS) is 1. The fourth-order valence-corrected chi connectivity index (χ4v) is 2.49. The summed E-state index contributed by atoms with van der Waals surface area (Å²) in [5.41, 5.74) is 3.98. The molecule has 1 aromatic rings. The van der Waals surface area contributed by atoms with Gasteiger partial charge >= 0.3 is 5.97 Å². The summed E-state index contributed by atoms with van der Waals surface area (Å²) >= 11 is 0. The van der Waals surface area contributed by atoms with Gasteiger partial charge in [-0.15, -0.1) is 0 Å². The van der Waals surface area contributed by atoms with Crippen molar-refractivity contribution in [1.82, 2.24) is 10.4 Å². The number of nitrogens with one attached hydrogen (secondary N) is 1. The Balaban J connectivity index is 1.82. The molecule has 1 fully saturated rings. The van der Waals surface area contributed by atoms with E-state index in [9.17, 15) is 9.59 Å². The van der Waals surface area contributed by atoms with Crippen LogP contribution in [-0.2, 0) is 21.0 Å². The predicted octanol–water partition coefficient (Wildman–Crippen LogP) is 1.17. The molecular weight excluding hydrogens is 272 g/mol. The average Bonchev–Trinajstić information content (AvgIpc) is 2.48. The molecule has 1 aliphatic rings. The first kappa shape index (κ1) is 15.5. The summed E-state index contributed by atoms with van der Waals surface area (Å²) in [6.45, 7) is 2.17. The van der Waals surface area contributed by atoms with Crippen molar-refractivity contribution < 1.29 is 19.5 Å². The van der Waals surface area contributed by atoms with Crippen LogP contribution in [0.3, 0.4) is 0 Å². The van der Waals surface area contributed by atoms with Crippen LogP contribution >= 0.6 is 0 Å². The smallest absolute Gasteiger partial charge is 0.326 e. The second-order valence-electron chi connectivity index (χ2n) is 5.19. The highest BCUT2D eigenvalue weighted by atomic mass is 16.6. The van der Waals surface area contributed by atoms with Gasteiger partial charge in [0.15, 0.2) is 0 Å². The van der Waals surface area contributed by atoms with Crippen LogP contribution in [0.4, 0.5) is 0 Å². The molecule has 1 amide bonds. The average molecular weight is 292 g/mol. The van der Waals surface area contributed by atoms with Gasteiger partial charge in [-0.05, 0) is 18.4 Å². The third-order valence-electron chi connectivity index (χ3n) is 3.60. The number of hydrogen-bond donors (Lipinski definition) is 2. The van der Waals surface area contributed by atoms with Gasteiger partial charge in [0.25, 0.3) is 0 Å². The Kier molecular flexibility index (Phi) is 5.30. The summed E-state index contributed by atoms with van der Waals surface area (Å²) in [5, 5.41) is 9.12. The molecular formula is C15H20N2O4. The van der Waals surface area contributed by atoms with Crippen molar-refractivity contribution >= 4 is 11.9 Å². The number of hydrogen-bond acceptors (Lipinski definition) is 4. The summed E-state index contributed by atoms with van der Waals surface area (Å²) in [6, 6.07) is 8.97. The second-order valence-corrected chi connectivity index (χ2v) is 5.19. The quantitative estimate of drug-likeness (QED) is 0.797. The van der Waals surface area contributed by atoms with Gasteiger partial charge in [0.2, 0.25) is 5.91 Å². The van der Waals surface area contributed by atoms with Crippen molar-refractivity contribution in [3.63, 3.8) is 0 Å². The molecule has 1 saturated heterocycles. The molecule has 0 saturated carbocycles. The Bertz CT molecular complexity index is 492. The highest BCUT2D eigenvalue weighted by molar-refractivity contribution is 5.82. The molecule has 1 aliphatic heterocycles. The van der Waals surface area contributed by atoms with Gasteiger partial charge in [-0.1, -0.05) is 30.3 Å². The molecule has 2 N–H and O–H groups in total. The fourth-order valence-electron chi connectivity index (χ4n) is 2.49. The monoisotopic (exact) mass is 292 g/mol. The molecule has 6 nitrogen and oxygen atoms in total. The van der Waals surface area contributed by atoms with Crippen LogP contribution < -0.4 is 5.48 Å². The van der Waals surface area contributed by atoms with E-state index in [0.29, 0.717) is 26.0 Å². The van der Waals surface area contributed by atoms with Crippen molar-refractivity contribution in [3.8, 4) is 0 Å². The molecule has 1 aromatic carbocycles. The maximum Gasteiger partial charge on any atom is 0.326 e. The van der Waals surface area contributed by atoms with E-state index in [1.54, 1.807) is 0 Å². The van der Waals surface area contributed by atoms with Gasteiger partial charge in [0.05, 0.1) is 6.61 Å². The summed E-state index contributed by atoms with van der Waals surface area (Å²) in [5.74, 6) is -1.18. The number of carbonyl (C=O) groups is 2. The van der Waals surface area contributed by atoms with Crippen LogP contribution in [0.5, 0.6) is 0 Å². The molecule has 2 rings (SSSR count). The molecule has 21 heavy (non-hydrogen) atoms. The molecule has 2 atom stereocenters. The third kappa shape index (κ3) is 4.27. The largest absolute Gasteiger partial charge is 0.480 e. The first-order valence-electron chi connectivity index (χ1n) is 6.99. The van der Waals surface area contributed by atoms with Gasteiger partial charge in [-0.25, -0.2) is 4.79 Å². The maximum absolute atomic E-state index is 11.5. The minimum absolute atomic E-state index is 0.0480. The Morgan fingerprint density at radius 2 is 2.05 bits per heavy atom. The van der Waals surface area contributed by atoms with Crippen LogP contribution in [0.2, 0.25) is 0 Å². The van der Waals surface area contributed by atoms with Crippen molar-refractivity contribution in [2.45, 2.75) is 38.5 Å². The number of rotatable bonds is 5. The second kappa shape index (κ2) is 7.19. The summed E-state index contributed by atoms with van der Waals surface area (Å²) in [4.78, 5) is 29.5. The Morgan fingerprint density at radius 3 is 2.67 bits per heavy atom. The lowest BCUT2D eigenvalue weighted by atomic mass is 9.99. The number of benzene rings is 1. The number of nitrogens with zero attached hydrogens (tertiary/aromatic N) is 1. The molecule has 0 unspecified atom stereocenters. The van der Waals surface area contributed by atoms with Gasteiger partial charge in [-0.2, -0.15) is 5.48 Å². The van der Waals surface area contributed by atoms with Crippen LogP contribution in [0, 0.1) is 0 Å². The van der Waals surface area contributed by atoms with Gasteiger partial charge < -0.3 is 10.0 Å². The van der Waals surface area contributed by atoms with Crippen LogP contribution in [-0.4, -0.2) is 40.5 Å². The summed E-state index contributed by atoms with van der Waals surface area (Å²) in [6.07, 6.45) is 1.09. The van der Waals surface area contributed by atoms with E-state index in [2.05, 4.69) is 5.48 Å². The highest BCUT2D eigenvalue weighted by Crippen LogP contribution is 2.18. The van der Waals surface area contributed by atoms with E-state index >= 15 is 0 Å². The van der Waals surface area contributed by atoms with Gasteiger partial charge in [0, 0.05) is 19.5 Å². The molecule has 1 heterocycles. The minimum atomic E-state index is -0.950. The van der Waals surface area contributed by atoms with Gasteiger partial charge in [0.1, 0.15) is 6.04 Å². The number of carbonyl (C=O) groups excluding carboxylic acids is 1. The lowest BCUT2D eigenvalue weighted by Crippen LogP contribution is -2.54. The van der Waals surface area contributed by atoms with E-state index in [1.165, 1.54) is 11.8 Å². The number of piperidine rings is 1. The van der Waals surface area contributed by atoms with Crippen molar-refractivity contribution in [3.05, 3.63) is 35.9 Å². The molecule has 0 aliphatic carbocycles. The van der Waals surface area contributed by atoms with E-state index in [0.717, 1.165) is 5.56 Å². The minimum Gasteiger partial charge on any atom is -0.480 e. The van der Waals surface area contributed by atoms with Crippen LogP contribution in [0.15, 0.2) is 30.3 Å². The standard InChI is InChI=1S/C15H20N2O4/c1-11(18)17-9-13(7-8-14(17)15(19)20)16-21-10-12-5-3-2-4-6-12/h2-6,13-14,16H,7-10H2,1H3,(H,19,20)/t13-,14+/m1/s1. The summed E-state index contributed by atoms with van der Waals surface area (Å²) < 4.78 is 0. The number of hydroxylamine groups is 1. The van der Waals surface area contributed by atoms with Crippen molar-refractivity contribution in [2.75, 3.05) is 6.54 Å². The highest BCUT2D eigenvalue weighted by Gasteiger charge is 2.34. The SMILES string of the molecule is CC(=O)N1C[C@H](NOCc2ccccc2)CC[C@H]1C(=O)O. The zero-order valence-corrected chi connectivity index (χ0v) is 12.0. The number of aliphatic carboxylic acids is 1. The zero-order chi connectivity index (χ0) is 15.2. The number of likely N-dealkylation sites (tertiary alicyclic amines) is 1. The topological polar surface area (TPSA) is 78.9 Å². The van der Waals surface area contributed by atoms with Crippen molar-refractivity contribution in [2.24, 2.45) is 0 Å². The van der Waals surface area contributed by atoms with E-state index in [1.807, 2.05) is 30.3 Å². The van der Waals surface area contributed by atoms with Crippen molar-refractivity contribution in [1.29, 1.82) is 0 Å². The number of amides is 1. The third-order valence-corrected chi connectivity index (χ3v) is 3.60. The summed E-state index contributed by atoms with van der Waals surface area (Å²) in [7, 11) is 0. The predicted molar refractivity (Wildman–Crippen MR) is 76.2 cm³/mol. The van der Waals surface area contributed by atoms with E-state index in [4.69, 9.17) is 9.94 Å². The molecule has 6 heteroatoms. The first-order valence-corrected chi connectivity index (χ1v) is 6.99. The zero-order valence-electron chi connectivity index (χ0n) is 12.0. The molecule has 0 aromatic heterocycles. The Morgan fingerprint density at radius 1 is 1.33 bits per heavy atom.